The molecule has 27 heavy (non-hydrogen) atoms. The van der Waals surface area contributed by atoms with Gasteiger partial charge in [-0.05, 0) is 39.2 Å². The maximum Gasteiger partial charge on any atom is 0.348 e. The molecule has 0 bridgehead atoms. The zero-order valence-corrected chi connectivity index (χ0v) is 16.1. The molecule has 1 aliphatic carbocycles. The van der Waals surface area contributed by atoms with Crippen molar-refractivity contribution in [1.82, 2.24) is 5.16 Å². The first kappa shape index (κ1) is 19.1. The van der Waals surface area contributed by atoms with Gasteiger partial charge in [-0.2, -0.15) is 0 Å². The molecule has 144 valence electrons. The lowest BCUT2D eigenvalue weighted by molar-refractivity contribution is 0.0527. The van der Waals surface area contributed by atoms with Crippen molar-refractivity contribution in [2.75, 3.05) is 18.5 Å². The topological polar surface area (TPSA) is 108 Å². The zero-order valence-electron chi connectivity index (χ0n) is 15.3. The fraction of sp³-hybridized carbons (Fsp3) is 0.444. The summed E-state index contributed by atoms with van der Waals surface area (Å²) >= 11 is 0.971. The number of hydrogen-bond acceptors (Lipinski definition) is 8. The van der Waals surface area contributed by atoms with Crippen LogP contribution >= 0.6 is 11.3 Å². The van der Waals surface area contributed by atoms with E-state index in [2.05, 4.69) is 10.5 Å². The molecule has 3 rings (SSSR count). The molecule has 8 nitrogen and oxygen atoms in total. The van der Waals surface area contributed by atoms with E-state index in [0.29, 0.717) is 17.2 Å². The van der Waals surface area contributed by atoms with Crippen LogP contribution in [0.15, 0.2) is 10.6 Å². The van der Waals surface area contributed by atoms with E-state index in [9.17, 15) is 14.4 Å². The van der Waals surface area contributed by atoms with E-state index in [1.807, 2.05) is 0 Å². The van der Waals surface area contributed by atoms with Gasteiger partial charge in [0.2, 0.25) is 0 Å². The van der Waals surface area contributed by atoms with Gasteiger partial charge in [0, 0.05) is 12.0 Å². The second-order valence-corrected chi connectivity index (χ2v) is 7.06. The number of nitrogens with one attached hydrogen (secondary N) is 1. The van der Waals surface area contributed by atoms with Crippen LogP contribution in [-0.2, 0) is 9.47 Å². The van der Waals surface area contributed by atoms with Crippen molar-refractivity contribution in [3.63, 3.8) is 0 Å². The van der Waals surface area contributed by atoms with Crippen LogP contribution < -0.4 is 5.32 Å². The number of carbonyl (C=O) groups is 3. The molecule has 0 spiro atoms. The number of carbonyl (C=O) groups excluding carboxylic acids is 3. The number of nitrogens with zero attached hydrogens (tertiary/aromatic N) is 1. The lowest BCUT2D eigenvalue weighted by Gasteiger charge is -2.05. The normalized spacial score (nSPS) is 13.3. The number of thiophene rings is 1. The van der Waals surface area contributed by atoms with Crippen LogP contribution in [0.4, 0.5) is 5.00 Å². The maximum absolute atomic E-state index is 12.5. The van der Waals surface area contributed by atoms with Gasteiger partial charge in [0.15, 0.2) is 5.69 Å². The van der Waals surface area contributed by atoms with Gasteiger partial charge in [-0.3, -0.25) is 4.79 Å². The van der Waals surface area contributed by atoms with E-state index in [-0.39, 0.29) is 34.3 Å². The molecule has 9 heteroatoms. The Morgan fingerprint density at radius 1 is 1.22 bits per heavy atom. The molecule has 2 heterocycles. The van der Waals surface area contributed by atoms with Crippen LogP contribution in [0.2, 0.25) is 0 Å². The van der Waals surface area contributed by atoms with E-state index in [1.54, 1.807) is 26.8 Å². The van der Waals surface area contributed by atoms with Crippen molar-refractivity contribution in [3.8, 4) is 0 Å². The molecule has 0 atom stereocenters. The number of amides is 1. The van der Waals surface area contributed by atoms with Crippen molar-refractivity contribution in [2.24, 2.45) is 0 Å². The maximum atomic E-state index is 12.5. The Morgan fingerprint density at radius 3 is 2.52 bits per heavy atom. The van der Waals surface area contributed by atoms with Crippen molar-refractivity contribution >= 4 is 34.2 Å². The molecular weight excluding hydrogens is 372 g/mol. The Balaban J connectivity index is 1.89. The number of hydrogen-bond donors (Lipinski definition) is 1. The smallest absolute Gasteiger partial charge is 0.348 e. The number of rotatable bonds is 7. The molecule has 1 saturated carbocycles. The predicted molar refractivity (Wildman–Crippen MR) is 97.4 cm³/mol. The van der Waals surface area contributed by atoms with Gasteiger partial charge in [-0.1, -0.05) is 5.16 Å². The lowest BCUT2D eigenvalue weighted by atomic mass is 10.1. The summed E-state index contributed by atoms with van der Waals surface area (Å²) in [5, 5.41) is 6.65. The SMILES string of the molecule is CCOC(=O)c1sc(NC(=O)c2cc(C3CC3)on2)c(C(=O)OCC)c1C. The highest BCUT2D eigenvalue weighted by molar-refractivity contribution is 7.18. The highest BCUT2D eigenvalue weighted by Gasteiger charge is 2.30. The van der Waals surface area contributed by atoms with E-state index in [4.69, 9.17) is 14.0 Å². The standard InChI is InChI=1S/C18H20N2O6S/c1-4-24-17(22)13-9(3)14(18(23)25-5-2)27-16(13)19-15(21)11-8-12(26-20-11)10-6-7-10/h8,10H,4-7H2,1-3H3,(H,19,21). The van der Waals surface area contributed by atoms with Crippen LogP contribution in [0.1, 0.15) is 74.4 Å². The Morgan fingerprint density at radius 2 is 1.89 bits per heavy atom. The van der Waals surface area contributed by atoms with Crippen molar-refractivity contribution in [1.29, 1.82) is 0 Å². The summed E-state index contributed by atoms with van der Waals surface area (Å²) in [6, 6.07) is 1.60. The molecule has 2 aromatic rings. The van der Waals surface area contributed by atoms with Crippen molar-refractivity contribution in [3.05, 3.63) is 33.5 Å². The summed E-state index contributed by atoms with van der Waals surface area (Å²) in [6.07, 6.45) is 2.05. The second-order valence-electron chi connectivity index (χ2n) is 6.04. The quantitative estimate of drug-likeness (QED) is 0.718. The third-order valence-electron chi connectivity index (χ3n) is 4.05. The predicted octanol–water partition coefficient (Wildman–Crippen LogP) is 3.53. The van der Waals surface area contributed by atoms with Crippen LogP contribution in [-0.4, -0.2) is 36.2 Å². The molecule has 0 aliphatic heterocycles. The average Bonchev–Trinajstić information content (AvgIpc) is 3.26. The highest BCUT2D eigenvalue weighted by atomic mass is 32.1. The third kappa shape index (κ3) is 4.02. The Kier molecular flexibility index (Phi) is 5.59. The van der Waals surface area contributed by atoms with E-state index >= 15 is 0 Å². The average molecular weight is 392 g/mol. The number of esters is 2. The van der Waals surface area contributed by atoms with Crippen LogP contribution in [0, 0.1) is 6.92 Å². The number of ether oxygens (including phenoxy) is 2. The molecule has 1 amide bonds. The summed E-state index contributed by atoms with van der Waals surface area (Å²) in [5.74, 6) is -0.679. The van der Waals surface area contributed by atoms with Crippen LogP contribution in [0.3, 0.4) is 0 Å². The van der Waals surface area contributed by atoms with Crippen molar-refractivity contribution in [2.45, 2.75) is 39.5 Å². The lowest BCUT2D eigenvalue weighted by Crippen LogP contribution is -2.15. The zero-order chi connectivity index (χ0) is 19.6. The van der Waals surface area contributed by atoms with Gasteiger partial charge < -0.3 is 19.3 Å². The summed E-state index contributed by atoms with van der Waals surface area (Å²) in [4.78, 5) is 37.3. The van der Waals surface area contributed by atoms with Gasteiger partial charge in [-0.15, -0.1) is 11.3 Å². The van der Waals surface area contributed by atoms with Gasteiger partial charge in [-0.25, -0.2) is 9.59 Å². The van der Waals surface area contributed by atoms with Crippen LogP contribution in [0.5, 0.6) is 0 Å². The Hall–Kier alpha value is -2.68. The number of aromatic nitrogens is 1. The monoisotopic (exact) mass is 392 g/mol. The molecule has 1 N–H and O–H groups in total. The molecule has 0 aromatic carbocycles. The summed E-state index contributed by atoms with van der Waals surface area (Å²) in [5.41, 5.74) is 0.672. The molecule has 1 fully saturated rings. The molecule has 0 radical (unpaired) electrons. The van der Waals surface area contributed by atoms with E-state index in [0.717, 1.165) is 24.2 Å². The molecular formula is C18H20N2O6S. The fourth-order valence-electron chi connectivity index (χ4n) is 2.57. The van der Waals surface area contributed by atoms with Gasteiger partial charge in [0.25, 0.3) is 5.91 Å². The van der Waals surface area contributed by atoms with E-state index < -0.39 is 17.8 Å². The van der Waals surface area contributed by atoms with Gasteiger partial charge in [0.05, 0.1) is 18.8 Å². The van der Waals surface area contributed by atoms with E-state index in [1.165, 1.54) is 0 Å². The molecule has 0 unspecified atom stereocenters. The molecule has 2 aromatic heterocycles. The van der Waals surface area contributed by atoms with Crippen LogP contribution in [0.25, 0.3) is 0 Å². The summed E-state index contributed by atoms with van der Waals surface area (Å²) in [6.45, 7) is 5.36. The summed E-state index contributed by atoms with van der Waals surface area (Å²) < 4.78 is 15.3. The first-order valence-electron chi connectivity index (χ1n) is 8.71. The first-order chi connectivity index (χ1) is 13.0. The molecule has 0 saturated heterocycles. The third-order valence-corrected chi connectivity index (χ3v) is 5.24. The number of anilines is 1. The highest BCUT2D eigenvalue weighted by Crippen LogP contribution is 2.40. The van der Waals surface area contributed by atoms with Crippen molar-refractivity contribution < 1.29 is 28.4 Å². The fourth-order valence-corrected chi connectivity index (χ4v) is 3.65. The minimum atomic E-state index is -0.615. The largest absolute Gasteiger partial charge is 0.462 e. The second kappa shape index (κ2) is 7.91. The first-order valence-corrected chi connectivity index (χ1v) is 9.53. The minimum Gasteiger partial charge on any atom is -0.462 e. The van der Waals surface area contributed by atoms with Gasteiger partial charge in [0.1, 0.15) is 15.6 Å². The molecule has 1 aliphatic rings. The van der Waals surface area contributed by atoms with Gasteiger partial charge >= 0.3 is 11.9 Å². The minimum absolute atomic E-state index is 0.121. The Labute approximate surface area is 159 Å². The summed E-state index contributed by atoms with van der Waals surface area (Å²) in [7, 11) is 0. The Bertz CT molecular complexity index is 881.